The number of hydrogen-bond donors (Lipinski definition) is 3. The Labute approximate surface area is 247 Å². The SMILES string of the molecule is C[C@]12CCC3C(CC[C@H]4CC(=O)CC[C@]34C)C1CCC2OC(=O)CCC(=O)NC(Cc1c[nH]c2ccccc12)C(=O)O. The van der Waals surface area contributed by atoms with Crippen molar-refractivity contribution in [2.24, 2.45) is 34.5 Å². The first-order valence-corrected chi connectivity index (χ1v) is 15.9. The van der Waals surface area contributed by atoms with Crippen molar-refractivity contribution in [1.29, 1.82) is 0 Å². The summed E-state index contributed by atoms with van der Waals surface area (Å²) in [6, 6.07) is 6.55. The van der Waals surface area contributed by atoms with Gasteiger partial charge in [-0.3, -0.25) is 14.4 Å². The fourth-order valence-corrected chi connectivity index (χ4v) is 9.61. The molecule has 4 aliphatic carbocycles. The Morgan fingerprint density at radius 1 is 1.02 bits per heavy atom. The van der Waals surface area contributed by atoms with Gasteiger partial charge in [0.05, 0.1) is 6.42 Å². The van der Waals surface area contributed by atoms with Gasteiger partial charge in [0.15, 0.2) is 0 Å². The van der Waals surface area contributed by atoms with Crippen molar-refractivity contribution >= 4 is 34.5 Å². The van der Waals surface area contributed by atoms with Crippen LogP contribution >= 0.6 is 0 Å². The van der Waals surface area contributed by atoms with Gasteiger partial charge >= 0.3 is 11.9 Å². The van der Waals surface area contributed by atoms with Crippen LogP contribution in [-0.2, 0) is 30.3 Å². The number of amides is 1. The van der Waals surface area contributed by atoms with Crippen molar-refractivity contribution in [3.05, 3.63) is 36.0 Å². The van der Waals surface area contributed by atoms with Gasteiger partial charge < -0.3 is 20.1 Å². The van der Waals surface area contributed by atoms with E-state index in [9.17, 15) is 24.3 Å². The number of para-hydroxylation sites is 1. The van der Waals surface area contributed by atoms with Gasteiger partial charge in [-0.25, -0.2) is 4.79 Å². The largest absolute Gasteiger partial charge is 0.480 e. The lowest BCUT2D eigenvalue weighted by atomic mass is 9.45. The highest BCUT2D eigenvalue weighted by molar-refractivity contribution is 5.88. The van der Waals surface area contributed by atoms with E-state index in [1.54, 1.807) is 6.20 Å². The lowest BCUT2D eigenvalue weighted by molar-refractivity contribution is -0.164. The minimum Gasteiger partial charge on any atom is -0.480 e. The van der Waals surface area contributed by atoms with Gasteiger partial charge in [0, 0.05) is 48.2 Å². The summed E-state index contributed by atoms with van der Waals surface area (Å²) in [4.78, 5) is 52.9. The van der Waals surface area contributed by atoms with Gasteiger partial charge in [0.1, 0.15) is 17.9 Å². The number of aromatic amines is 1. The number of ketones is 1. The average Bonchev–Trinajstić information content (AvgIpc) is 3.52. The Morgan fingerprint density at radius 2 is 1.81 bits per heavy atom. The third-order valence-electron chi connectivity index (χ3n) is 12.0. The minimum atomic E-state index is -1.11. The summed E-state index contributed by atoms with van der Waals surface area (Å²) in [5.41, 5.74) is 1.92. The van der Waals surface area contributed by atoms with Crippen LogP contribution in [0.2, 0.25) is 0 Å². The van der Waals surface area contributed by atoms with E-state index in [1.807, 2.05) is 24.3 Å². The van der Waals surface area contributed by atoms with Crippen LogP contribution in [0.1, 0.15) is 90.0 Å². The Kier molecular flexibility index (Phi) is 7.69. The quantitative estimate of drug-likeness (QED) is 0.352. The molecule has 226 valence electrons. The van der Waals surface area contributed by atoms with Crippen LogP contribution in [0.5, 0.6) is 0 Å². The van der Waals surface area contributed by atoms with Crippen molar-refractivity contribution in [3.63, 3.8) is 0 Å². The first kappa shape index (κ1) is 28.9. The third-order valence-corrected chi connectivity index (χ3v) is 12.0. The van der Waals surface area contributed by atoms with E-state index in [-0.39, 0.29) is 42.2 Å². The Hall–Kier alpha value is -3.16. The van der Waals surface area contributed by atoms with E-state index >= 15 is 0 Å². The van der Waals surface area contributed by atoms with Crippen LogP contribution in [0, 0.1) is 34.5 Å². The van der Waals surface area contributed by atoms with Crippen molar-refractivity contribution < 1.29 is 29.0 Å². The third kappa shape index (κ3) is 5.15. The van der Waals surface area contributed by atoms with Crippen molar-refractivity contribution in [3.8, 4) is 0 Å². The number of fused-ring (bicyclic) bond motifs is 6. The van der Waals surface area contributed by atoms with E-state index in [0.717, 1.165) is 67.8 Å². The fraction of sp³-hybridized carbons (Fsp3) is 0.647. The van der Waals surface area contributed by atoms with E-state index < -0.39 is 17.9 Å². The molecular weight excluding hydrogens is 532 g/mol. The van der Waals surface area contributed by atoms with Crippen molar-refractivity contribution in [2.75, 3.05) is 0 Å². The van der Waals surface area contributed by atoms with Crippen LogP contribution in [0.3, 0.4) is 0 Å². The number of carboxylic acids is 1. The second-order valence-corrected chi connectivity index (χ2v) is 14.0. The standard InChI is InChI=1S/C34H44N2O6/c1-33-15-13-22(37)18-21(33)7-8-24-25-9-10-29(34(25,2)16-14-26(24)33)42-31(39)12-11-30(38)36-28(32(40)41)17-20-19-35-27-6-4-3-5-23(20)27/h3-6,19,21,24-26,28-29,35H,7-18H2,1-2H3,(H,36,38)(H,40,41)/t21-,24?,25?,26?,28?,29?,33-,34-/m0/s1. The molecule has 42 heavy (non-hydrogen) atoms. The average molecular weight is 577 g/mol. The van der Waals surface area contributed by atoms with Crippen LogP contribution in [0.25, 0.3) is 10.9 Å². The highest BCUT2D eigenvalue weighted by Crippen LogP contribution is 2.66. The number of hydrogen-bond acceptors (Lipinski definition) is 5. The van der Waals surface area contributed by atoms with E-state index in [0.29, 0.717) is 29.5 Å². The zero-order chi connectivity index (χ0) is 29.6. The van der Waals surface area contributed by atoms with E-state index in [4.69, 9.17) is 4.74 Å². The zero-order valence-electron chi connectivity index (χ0n) is 24.8. The molecule has 3 N–H and O–H groups in total. The number of Topliss-reactive ketones (excluding diaryl/α,β-unsaturated/α-hetero) is 1. The smallest absolute Gasteiger partial charge is 0.326 e. The Morgan fingerprint density at radius 3 is 2.62 bits per heavy atom. The topological polar surface area (TPSA) is 126 Å². The van der Waals surface area contributed by atoms with Crippen LogP contribution in [-0.4, -0.2) is 45.9 Å². The number of carboxylic acid groups (broad SMARTS) is 1. The van der Waals surface area contributed by atoms with E-state index in [2.05, 4.69) is 24.1 Å². The summed E-state index contributed by atoms with van der Waals surface area (Å²) in [5.74, 6) is 0.785. The Bertz CT molecular complexity index is 1380. The number of aliphatic carboxylic acids is 1. The van der Waals surface area contributed by atoms with Gasteiger partial charge in [0.2, 0.25) is 5.91 Å². The maximum Gasteiger partial charge on any atom is 0.326 e. The maximum atomic E-state index is 12.9. The molecule has 4 aliphatic rings. The summed E-state index contributed by atoms with van der Waals surface area (Å²) in [5, 5.41) is 13.3. The number of carbonyl (C=O) groups is 4. The molecule has 0 aliphatic heterocycles. The molecule has 1 heterocycles. The minimum absolute atomic E-state index is 0.0551. The van der Waals surface area contributed by atoms with Gasteiger partial charge in [-0.15, -0.1) is 0 Å². The van der Waals surface area contributed by atoms with Gasteiger partial charge in [-0.05, 0) is 85.7 Å². The summed E-state index contributed by atoms with van der Waals surface area (Å²) < 4.78 is 6.06. The molecule has 1 aromatic carbocycles. The molecular formula is C34H44N2O6. The number of ether oxygens (including phenoxy) is 1. The van der Waals surface area contributed by atoms with Crippen LogP contribution in [0.15, 0.2) is 30.5 Å². The molecule has 5 unspecified atom stereocenters. The number of H-pyrrole nitrogens is 1. The number of carbonyl (C=O) groups excluding carboxylic acids is 3. The summed E-state index contributed by atoms with van der Waals surface area (Å²) in [7, 11) is 0. The molecule has 4 fully saturated rings. The highest BCUT2D eigenvalue weighted by atomic mass is 16.5. The maximum absolute atomic E-state index is 12.9. The molecule has 0 bridgehead atoms. The molecule has 6 rings (SSSR count). The number of nitrogens with one attached hydrogen (secondary N) is 2. The molecule has 0 spiro atoms. The molecule has 4 saturated carbocycles. The molecule has 0 radical (unpaired) electrons. The lowest BCUT2D eigenvalue weighted by Crippen LogP contribution is -2.54. The summed E-state index contributed by atoms with van der Waals surface area (Å²) in [6.07, 6.45) is 10.5. The van der Waals surface area contributed by atoms with Crippen molar-refractivity contribution in [1.82, 2.24) is 10.3 Å². The first-order chi connectivity index (χ1) is 20.1. The second kappa shape index (κ2) is 11.2. The number of esters is 1. The molecule has 2 aromatic rings. The molecule has 8 atom stereocenters. The summed E-state index contributed by atoms with van der Waals surface area (Å²) in [6.45, 7) is 4.74. The molecule has 8 heteroatoms. The molecule has 1 aromatic heterocycles. The lowest BCUT2D eigenvalue weighted by Gasteiger charge is -2.60. The Balaban J connectivity index is 1.02. The molecule has 1 amide bonds. The zero-order valence-corrected chi connectivity index (χ0v) is 24.8. The number of rotatable bonds is 8. The normalized spacial score (nSPS) is 34.6. The highest BCUT2D eigenvalue weighted by Gasteiger charge is 2.61. The molecule has 8 nitrogen and oxygen atoms in total. The predicted molar refractivity (Wildman–Crippen MR) is 157 cm³/mol. The van der Waals surface area contributed by atoms with E-state index in [1.165, 1.54) is 6.42 Å². The predicted octanol–water partition coefficient (Wildman–Crippen LogP) is 5.58. The first-order valence-electron chi connectivity index (χ1n) is 15.9. The van der Waals surface area contributed by atoms with Gasteiger partial charge in [0.25, 0.3) is 0 Å². The molecule has 0 saturated heterocycles. The fourth-order valence-electron chi connectivity index (χ4n) is 9.61. The van der Waals surface area contributed by atoms with Crippen LogP contribution in [0.4, 0.5) is 0 Å². The monoisotopic (exact) mass is 576 g/mol. The van der Waals surface area contributed by atoms with Gasteiger partial charge in [-0.1, -0.05) is 32.0 Å². The van der Waals surface area contributed by atoms with Crippen LogP contribution < -0.4 is 5.32 Å². The van der Waals surface area contributed by atoms with Gasteiger partial charge in [-0.2, -0.15) is 0 Å². The number of benzene rings is 1. The number of aromatic nitrogens is 1. The summed E-state index contributed by atoms with van der Waals surface area (Å²) >= 11 is 0. The second-order valence-electron chi connectivity index (χ2n) is 14.0. The van der Waals surface area contributed by atoms with Crippen molar-refractivity contribution in [2.45, 2.75) is 103 Å².